The van der Waals surface area contributed by atoms with Gasteiger partial charge in [0, 0.05) is 39.9 Å². The predicted octanol–water partition coefficient (Wildman–Crippen LogP) is 3.93. The third-order valence-corrected chi connectivity index (χ3v) is 6.59. The molecule has 0 spiro atoms. The molecule has 1 aliphatic heterocycles. The first-order valence-corrected chi connectivity index (χ1v) is 11.6. The van der Waals surface area contributed by atoms with Crippen molar-refractivity contribution in [2.45, 2.75) is 65.0 Å². The van der Waals surface area contributed by atoms with Crippen molar-refractivity contribution >= 4 is 5.96 Å². The second-order valence-electron chi connectivity index (χ2n) is 8.73. The highest BCUT2D eigenvalue weighted by atomic mass is 16.5. The molecule has 0 aromatic heterocycles. The summed E-state index contributed by atoms with van der Waals surface area (Å²) in [5, 5.41) is 7.07. The zero-order chi connectivity index (χ0) is 20.4. The summed E-state index contributed by atoms with van der Waals surface area (Å²) >= 11 is 0. The fourth-order valence-corrected chi connectivity index (χ4v) is 4.71. The van der Waals surface area contributed by atoms with Gasteiger partial charge in [0.05, 0.1) is 0 Å². The van der Waals surface area contributed by atoms with Crippen LogP contribution in [0.5, 0.6) is 0 Å². The zero-order valence-corrected chi connectivity index (χ0v) is 18.5. The minimum Gasteiger partial charge on any atom is -0.382 e. The highest BCUT2D eigenvalue weighted by Crippen LogP contribution is 2.40. The number of nitrogens with zero attached hydrogens (tertiary/aromatic N) is 2. The van der Waals surface area contributed by atoms with Crippen LogP contribution in [0.1, 0.15) is 63.0 Å². The van der Waals surface area contributed by atoms with E-state index in [4.69, 9.17) is 4.74 Å². The first-order valence-electron chi connectivity index (χ1n) is 11.6. The van der Waals surface area contributed by atoms with E-state index in [1.165, 1.54) is 62.7 Å². The number of aliphatic imine (C=N–C) groups is 1. The topological polar surface area (TPSA) is 48.9 Å². The van der Waals surface area contributed by atoms with Gasteiger partial charge in [0.1, 0.15) is 0 Å². The third kappa shape index (κ3) is 7.00. The molecule has 3 rings (SSSR count). The van der Waals surface area contributed by atoms with Gasteiger partial charge in [-0.15, -0.1) is 0 Å². The van der Waals surface area contributed by atoms with E-state index in [0.717, 1.165) is 45.2 Å². The highest BCUT2D eigenvalue weighted by molar-refractivity contribution is 5.79. The summed E-state index contributed by atoms with van der Waals surface area (Å²) in [6.45, 7) is 9.11. The molecule has 1 aromatic rings. The number of likely N-dealkylation sites (tertiary alicyclic amines) is 1. The maximum Gasteiger partial charge on any atom is 0.191 e. The fraction of sp³-hybridized carbons (Fsp3) is 0.708. The predicted molar refractivity (Wildman–Crippen MR) is 121 cm³/mol. The summed E-state index contributed by atoms with van der Waals surface area (Å²) in [4.78, 5) is 6.98. The van der Waals surface area contributed by atoms with Crippen LogP contribution in [0.2, 0.25) is 0 Å². The van der Waals surface area contributed by atoms with Crippen molar-refractivity contribution in [1.82, 2.24) is 15.5 Å². The Kier molecular flexibility index (Phi) is 8.81. The van der Waals surface area contributed by atoms with E-state index in [9.17, 15) is 0 Å². The first kappa shape index (κ1) is 22.1. The second kappa shape index (κ2) is 11.6. The second-order valence-corrected chi connectivity index (χ2v) is 8.73. The summed E-state index contributed by atoms with van der Waals surface area (Å²) in [5.74, 6) is 0.897. The van der Waals surface area contributed by atoms with Gasteiger partial charge in [0.2, 0.25) is 0 Å². The number of hydrogen-bond acceptors (Lipinski definition) is 3. The molecule has 0 unspecified atom stereocenters. The van der Waals surface area contributed by atoms with E-state index in [-0.39, 0.29) is 0 Å². The Bertz CT molecular complexity index is 616. The van der Waals surface area contributed by atoms with E-state index >= 15 is 0 Å². The van der Waals surface area contributed by atoms with Gasteiger partial charge in [-0.2, -0.15) is 0 Å². The maximum absolute atomic E-state index is 5.63. The Morgan fingerprint density at radius 3 is 2.38 bits per heavy atom. The summed E-state index contributed by atoms with van der Waals surface area (Å²) in [6.07, 6.45) is 9.10. The van der Waals surface area contributed by atoms with E-state index in [2.05, 4.69) is 51.7 Å². The van der Waals surface area contributed by atoms with Gasteiger partial charge in [0.25, 0.3) is 0 Å². The molecule has 0 amide bonds. The minimum absolute atomic E-state index is 0.365. The molecule has 1 saturated heterocycles. The fourth-order valence-electron chi connectivity index (χ4n) is 4.71. The highest BCUT2D eigenvalue weighted by Gasteiger charge is 2.33. The van der Waals surface area contributed by atoms with Gasteiger partial charge >= 0.3 is 0 Å². The molecule has 1 saturated carbocycles. The molecule has 1 heterocycles. The maximum atomic E-state index is 5.63. The molecule has 2 fully saturated rings. The van der Waals surface area contributed by atoms with E-state index in [0.29, 0.717) is 5.41 Å². The Balaban J connectivity index is 1.43. The number of ether oxygens (including phenoxy) is 1. The van der Waals surface area contributed by atoms with Crippen LogP contribution in [0.15, 0.2) is 29.3 Å². The number of nitrogens with one attached hydrogen (secondary N) is 2. The molecular weight excluding hydrogens is 360 g/mol. The smallest absolute Gasteiger partial charge is 0.191 e. The van der Waals surface area contributed by atoms with Crippen molar-refractivity contribution in [2.75, 3.05) is 39.9 Å². The molecule has 5 heteroatoms. The van der Waals surface area contributed by atoms with Gasteiger partial charge in [-0.1, -0.05) is 37.1 Å². The lowest BCUT2D eigenvalue weighted by atomic mass is 9.83. The largest absolute Gasteiger partial charge is 0.382 e. The first-order chi connectivity index (χ1) is 14.2. The molecule has 5 nitrogen and oxygen atoms in total. The molecule has 2 aliphatic rings. The van der Waals surface area contributed by atoms with Crippen molar-refractivity contribution in [3.63, 3.8) is 0 Å². The van der Waals surface area contributed by atoms with Gasteiger partial charge in [-0.05, 0) is 68.7 Å². The van der Waals surface area contributed by atoms with E-state index in [1.54, 1.807) is 0 Å². The van der Waals surface area contributed by atoms with Gasteiger partial charge < -0.3 is 15.4 Å². The van der Waals surface area contributed by atoms with Gasteiger partial charge in [0.15, 0.2) is 5.96 Å². The van der Waals surface area contributed by atoms with Gasteiger partial charge in [-0.3, -0.25) is 9.89 Å². The number of rotatable bonds is 10. The minimum atomic E-state index is 0.365. The van der Waals surface area contributed by atoms with Crippen LogP contribution in [0.4, 0.5) is 0 Å². The van der Waals surface area contributed by atoms with Crippen LogP contribution in [0.25, 0.3) is 0 Å². The van der Waals surface area contributed by atoms with Crippen molar-refractivity contribution in [2.24, 2.45) is 10.4 Å². The average Bonchev–Trinajstić information content (AvgIpc) is 3.42. The van der Waals surface area contributed by atoms with Crippen molar-refractivity contribution in [3.05, 3.63) is 35.4 Å². The van der Waals surface area contributed by atoms with Gasteiger partial charge in [-0.25, -0.2) is 0 Å². The lowest BCUT2D eigenvalue weighted by molar-refractivity contribution is 0.105. The molecule has 0 bridgehead atoms. The van der Waals surface area contributed by atoms with Crippen LogP contribution < -0.4 is 10.6 Å². The number of hydrogen-bond donors (Lipinski definition) is 2. The Hall–Kier alpha value is -1.59. The lowest BCUT2D eigenvalue weighted by Crippen LogP contribution is -2.43. The third-order valence-electron chi connectivity index (χ3n) is 6.59. The molecule has 2 N–H and O–H groups in total. The quantitative estimate of drug-likeness (QED) is 0.355. The van der Waals surface area contributed by atoms with E-state index < -0.39 is 0 Å². The Morgan fingerprint density at radius 1 is 1.03 bits per heavy atom. The summed E-state index contributed by atoms with van der Waals surface area (Å²) in [7, 11) is 1.86. The Labute approximate surface area is 177 Å². The molecule has 0 radical (unpaired) electrons. The summed E-state index contributed by atoms with van der Waals surface area (Å²) in [6, 6.07) is 9.03. The van der Waals surface area contributed by atoms with Crippen LogP contribution in [-0.4, -0.2) is 50.8 Å². The van der Waals surface area contributed by atoms with Crippen molar-refractivity contribution in [1.29, 1.82) is 0 Å². The van der Waals surface area contributed by atoms with Crippen LogP contribution in [-0.2, 0) is 17.8 Å². The number of guanidine groups is 1. The zero-order valence-electron chi connectivity index (χ0n) is 18.5. The number of benzene rings is 1. The van der Waals surface area contributed by atoms with E-state index in [1.807, 2.05) is 7.05 Å². The molecule has 1 aromatic carbocycles. The van der Waals surface area contributed by atoms with Crippen LogP contribution in [0, 0.1) is 5.41 Å². The summed E-state index contributed by atoms with van der Waals surface area (Å²) < 4.78 is 5.63. The molecule has 29 heavy (non-hydrogen) atoms. The SMILES string of the molecule is CCOCCC1(CNC(=NC)NCc2ccc(CN3CCCC3)cc2)CCCC1. The standard InChI is InChI=1S/C24H40N4O/c1-3-29-17-14-24(12-4-5-13-24)20-27-23(25-2)26-18-21-8-10-22(11-9-21)19-28-15-6-7-16-28/h8-11H,3-7,12-20H2,1-2H3,(H2,25,26,27). The van der Waals surface area contributed by atoms with Crippen LogP contribution in [0.3, 0.4) is 0 Å². The molecular formula is C24H40N4O. The molecule has 162 valence electrons. The monoisotopic (exact) mass is 400 g/mol. The lowest BCUT2D eigenvalue weighted by Gasteiger charge is -2.30. The van der Waals surface area contributed by atoms with Crippen LogP contribution >= 0.6 is 0 Å². The molecule has 1 aliphatic carbocycles. The Morgan fingerprint density at radius 2 is 1.72 bits per heavy atom. The average molecular weight is 401 g/mol. The van der Waals surface area contributed by atoms with Crippen molar-refractivity contribution in [3.8, 4) is 0 Å². The summed E-state index contributed by atoms with van der Waals surface area (Å²) in [5.41, 5.74) is 3.07. The normalized spacial score (nSPS) is 19.6. The van der Waals surface area contributed by atoms with Crippen molar-refractivity contribution < 1.29 is 4.74 Å². The molecule has 0 atom stereocenters.